The predicted octanol–water partition coefficient (Wildman–Crippen LogP) is 3.07. The number of hydrogen-bond acceptors (Lipinski definition) is 5. The standard InChI is InChI=1S/C15H19N3OS2/c1-10-3-2-5-18(12(10)7-16)15(19)13-8-17-14(21-13)11-4-6-20-9-11/h4,6,8-10,12H,2-3,5,7,16H2,1H3/t10-,12+/m0/s1. The van der Waals surface area contributed by atoms with Crippen molar-refractivity contribution < 1.29 is 4.79 Å². The summed E-state index contributed by atoms with van der Waals surface area (Å²) in [6.07, 6.45) is 3.90. The molecule has 0 aliphatic carbocycles. The molecule has 2 N–H and O–H groups in total. The highest BCUT2D eigenvalue weighted by Crippen LogP contribution is 2.30. The van der Waals surface area contributed by atoms with E-state index in [1.807, 2.05) is 16.3 Å². The fourth-order valence-electron chi connectivity index (χ4n) is 2.89. The van der Waals surface area contributed by atoms with Crippen molar-refractivity contribution in [3.63, 3.8) is 0 Å². The molecule has 0 aromatic carbocycles. The molecule has 0 radical (unpaired) electrons. The van der Waals surface area contributed by atoms with E-state index in [9.17, 15) is 4.79 Å². The number of amides is 1. The lowest BCUT2D eigenvalue weighted by Gasteiger charge is -2.39. The van der Waals surface area contributed by atoms with E-state index in [-0.39, 0.29) is 11.9 Å². The van der Waals surface area contributed by atoms with Crippen LogP contribution in [0.15, 0.2) is 23.0 Å². The molecule has 21 heavy (non-hydrogen) atoms. The molecule has 0 spiro atoms. The van der Waals surface area contributed by atoms with Gasteiger partial charge in [0.05, 0.1) is 6.20 Å². The average Bonchev–Trinajstić information content (AvgIpc) is 3.16. The summed E-state index contributed by atoms with van der Waals surface area (Å²) >= 11 is 3.11. The zero-order chi connectivity index (χ0) is 14.8. The van der Waals surface area contributed by atoms with E-state index in [4.69, 9.17) is 5.73 Å². The SMILES string of the molecule is C[C@H]1CCCN(C(=O)c2cnc(-c3ccsc3)s2)[C@@H]1CN. The zero-order valence-corrected chi connectivity index (χ0v) is 13.6. The summed E-state index contributed by atoms with van der Waals surface area (Å²) in [5.74, 6) is 0.549. The maximum Gasteiger partial charge on any atom is 0.265 e. The highest BCUT2D eigenvalue weighted by molar-refractivity contribution is 7.17. The van der Waals surface area contributed by atoms with Crippen molar-refractivity contribution >= 4 is 28.6 Å². The Balaban J connectivity index is 1.81. The number of thiazole rings is 1. The topological polar surface area (TPSA) is 59.2 Å². The Hall–Kier alpha value is -1.24. The van der Waals surface area contributed by atoms with Gasteiger partial charge in [0.25, 0.3) is 5.91 Å². The summed E-state index contributed by atoms with van der Waals surface area (Å²) < 4.78 is 0. The minimum atomic E-state index is 0.0796. The minimum Gasteiger partial charge on any atom is -0.333 e. The van der Waals surface area contributed by atoms with E-state index in [1.54, 1.807) is 17.5 Å². The first-order valence-corrected chi connectivity index (χ1v) is 8.96. The van der Waals surface area contributed by atoms with Crippen molar-refractivity contribution in [1.82, 2.24) is 9.88 Å². The Morgan fingerprint density at radius 2 is 2.43 bits per heavy atom. The Morgan fingerprint density at radius 1 is 1.57 bits per heavy atom. The second-order valence-electron chi connectivity index (χ2n) is 5.46. The molecule has 0 saturated carbocycles. The first-order valence-electron chi connectivity index (χ1n) is 7.20. The number of carbonyl (C=O) groups is 1. The minimum absolute atomic E-state index is 0.0796. The van der Waals surface area contributed by atoms with Crippen LogP contribution in [0.5, 0.6) is 0 Å². The van der Waals surface area contributed by atoms with E-state index in [1.165, 1.54) is 11.3 Å². The molecule has 0 unspecified atom stereocenters. The van der Waals surface area contributed by atoms with E-state index in [2.05, 4.69) is 17.3 Å². The Morgan fingerprint density at radius 3 is 3.14 bits per heavy atom. The van der Waals surface area contributed by atoms with E-state index in [0.29, 0.717) is 17.3 Å². The summed E-state index contributed by atoms with van der Waals surface area (Å²) in [7, 11) is 0. The van der Waals surface area contributed by atoms with Gasteiger partial charge < -0.3 is 10.6 Å². The van der Waals surface area contributed by atoms with Gasteiger partial charge in [0.2, 0.25) is 0 Å². The largest absolute Gasteiger partial charge is 0.333 e. The molecule has 1 fully saturated rings. The Labute approximate surface area is 132 Å². The molecule has 3 heterocycles. The quantitative estimate of drug-likeness (QED) is 0.945. The van der Waals surface area contributed by atoms with Crippen LogP contribution < -0.4 is 5.73 Å². The van der Waals surface area contributed by atoms with Gasteiger partial charge in [-0.15, -0.1) is 11.3 Å². The summed E-state index contributed by atoms with van der Waals surface area (Å²) in [6, 6.07) is 2.18. The van der Waals surface area contributed by atoms with Gasteiger partial charge in [-0.2, -0.15) is 11.3 Å². The number of likely N-dealkylation sites (tertiary alicyclic amines) is 1. The summed E-state index contributed by atoms with van der Waals surface area (Å²) in [5.41, 5.74) is 6.97. The molecule has 1 saturated heterocycles. The summed E-state index contributed by atoms with van der Waals surface area (Å²) in [4.78, 5) is 19.8. The van der Waals surface area contributed by atoms with Gasteiger partial charge in [-0.05, 0) is 30.2 Å². The number of nitrogens with two attached hydrogens (primary N) is 1. The lowest BCUT2D eigenvalue weighted by Crippen LogP contribution is -2.51. The smallest absolute Gasteiger partial charge is 0.265 e. The second kappa shape index (κ2) is 6.25. The molecular formula is C15H19N3OS2. The highest BCUT2D eigenvalue weighted by Gasteiger charge is 2.32. The predicted molar refractivity (Wildman–Crippen MR) is 87.7 cm³/mol. The fraction of sp³-hybridized carbons (Fsp3) is 0.467. The molecule has 6 heteroatoms. The third-order valence-corrected chi connectivity index (χ3v) is 5.82. The molecule has 1 amide bonds. The number of carbonyl (C=O) groups excluding carboxylic acids is 1. The maximum absolute atomic E-state index is 12.7. The number of hydrogen-bond donors (Lipinski definition) is 1. The van der Waals surface area contributed by atoms with Crippen molar-refractivity contribution in [2.24, 2.45) is 11.7 Å². The lowest BCUT2D eigenvalue weighted by atomic mass is 9.90. The van der Waals surface area contributed by atoms with E-state index in [0.717, 1.165) is 30.0 Å². The van der Waals surface area contributed by atoms with Crippen LogP contribution in [0.2, 0.25) is 0 Å². The van der Waals surface area contributed by atoms with Crippen LogP contribution in [0.1, 0.15) is 29.4 Å². The summed E-state index contributed by atoms with van der Waals surface area (Å²) in [5, 5.41) is 4.99. The first kappa shape index (κ1) is 14.7. The molecule has 1 aliphatic heterocycles. The van der Waals surface area contributed by atoms with Crippen LogP contribution in [0.25, 0.3) is 10.6 Å². The normalized spacial score (nSPS) is 22.5. The van der Waals surface area contributed by atoms with E-state index < -0.39 is 0 Å². The van der Waals surface area contributed by atoms with Gasteiger partial charge >= 0.3 is 0 Å². The molecule has 3 rings (SSSR count). The molecule has 112 valence electrons. The van der Waals surface area contributed by atoms with Gasteiger partial charge in [0.1, 0.15) is 9.88 Å². The molecule has 2 aromatic heterocycles. The Bertz CT molecular complexity index is 608. The van der Waals surface area contributed by atoms with Crippen LogP contribution in [0.3, 0.4) is 0 Å². The van der Waals surface area contributed by atoms with Crippen LogP contribution in [-0.4, -0.2) is 34.9 Å². The number of thiophene rings is 1. The monoisotopic (exact) mass is 321 g/mol. The van der Waals surface area contributed by atoms with Gasteiger partial charge in [-0.1, -0.05) is 6.92 Å². The number of nitrogens with zero attached hydrogens (tertiary/aromatic N) is 2. The van der Waals surface area contributed by atoms with Gasteiger partial charge in [0, 0.05) is 30.1 Å². The number of piperidine rings is 1. The molecule has 2 aromatic rings. The van der Waals surface area contributed by atoms with Crippen molar-refractivity contribution in [2.75, 3.05) is 13.1 Å². The zero-order valence-electron chi connectivity index (χ0n) is 12.0. The highest BCUT2D eigenvalue weighted by atomic mass is 32.1. The van der Waals surface area contributed by atoms with Gasteiger partial charge in [-0.25, -0.2) is 4.98 Å². The van der Waals surface area contributed by atoms with Crippen LogP contribution in [-0.2, 0) is 0 Å². The average molecular weight is 321 g/mol. The van der Waals surface area contributed by atoms with Crippen molar-refractivity contribution in [3.05, 3.63) is 27.9 Å². The van der Waals surface area contributed by atoms with Gasteiger partial charge in [-0.3, -0.25) is 4.79 Å². The molecular weight excluding hydrogens is 302 g/mol. The van der Waals surface area contributed by atoms with Crippen molar-refractivity contribution in [3.8, 4) is 10.6 Å². The summed E-state index contributed by atoms with van der Waals surface area (Å²) in [6.45, 7) is 3.51. The molecule has 0 bridgehead atoms. The van der Waals surface area contributed by atoms with Crippen LogP contribution >= 0.6 is 22.7 Å². The van der Waals surface area contributed by atoms with Crippen LogP contribution in [0.4, 0.5) is 0 Å². The fourth-order valence-corrected chi connectivity index (χ4v) is 4.48. The molecule has 2 atom stereocenters. The third kappa shape index (κ3) is 2.88. The number of aromatic nitrogens is 1. The van der Waals surface area contributed by atoms with Crippen molar-refractivity contribution in [2.45, 2.75) is 25.8 Å². The van der Waals surface area contributed by atoms with E-state index >= 15 is 0 Å². The van der Waals surface area contributed by atoms with Crippen LogP contribution in [0, 0.1) is 5.92 Å². The number of rotatable bonds is 3. The van der Waals surface area contributed by atoms with Gasteiger partial charge in [0.15, 0.2) is 0 Å². The maximum atomic E-state index is 12.7. The molecule has 4 nitrogen and oxygen atoms in total. The second-order valence-corrected chi connectivity index (χ2v) is 7.27. The van der Waals surface area contributed by atoms with Crippen molar-refractivity contribution in [1.29, 1.82) is 0 Å². The first-order chi connectivity index (χ1) is 10.2. The lowest BCUT2D eigenvalue weighted by molar-refractivity contribution is 0.0537. The molecule has 1 aliphatic rings. The third-order valence-electron chi connectivity index (χ3n) is 4.10. The Kier molecular flexibility index (Phi) is 4.37.